The molecule has 0 radical (unpaired) electrons. The molecule has 2 heterocycles. The Kier molecular flexibility index (Phi) is 27.4. The van der Waals surface area contributed by atoms with Gasteiger partial charge in [-0.25, -0.2) is 20.2 Å². The number of hydrazone groups is 1. The molecule has 31 heteroatoms. The minimum Gasteiger partial charge on any atom is -0.494 e. The standard InChI is InChI=1S/C43H50Cl2N8O8.C29H24Cl2N4O7/c1-43(2,3)61-35(55)21-29(23-48-52-42(59)47-22-25-15-17-27(18-16-25)39(56)46-4)49-34(54)24-53-33-14-10-9-13-30(33)36(26-11-7-6-8-12-26)50-38(41(53)58)51-40(57)28-19-31(44)37(60-5)32(45)20-28;1-42-26-20(30)11-17(12-21(26)31)28(40)34-27-29(41)35(14-23(37)32-18(15-36)13-24(38)39)22-10-6-5-9-19(22)25(33-27)16-7-3-2-4-8-16/h6-14,19-20,23,25,27,29,38H,15-18,21-22,24H2,1-5H3,(H,46,56)(H,49,54)(H,51,57)(H2,47,52,59);2-12,15,18,27H,13-14H2,1H3,(H,32,37)(H,34,40)(H,38,39)/b48-23+;/t25?,27?,29-,38?;18-,27?/m00/s1. The topological polar surface area (TPSA) is 363 Å². The van der Waals surface area contributed by atoms with E-state index in [1.54, 1.807) is 125 Å². The molecule has 2 unspecified atom stereocenters. The van der Waals surface area contributed by atoms with Crippen molar-refractivity contribution in [1.29, 1.82) is 0 Å². The summed E-state index contributed by atoms with van der Waals surface area (Å²) >= 11 is 25.1. The number of amides is 9. The van der Waals surface area contributed by atoms with Crippen molar-refractivity contribution < 1.29 is 72.1 Å². The van der Waals surface area contributed by atoms with Crippen LogP contribution in [0.15, 0.2) is 149 Å². The van der Waals surface area contributed by atoms with Crippen LogP contribution in [0.5, 0.6) is 11.5 Å². The average Bonchev–Trinajstić information content (AvgIpc) is 1.66. The molecule has 4 atom stereocenters. The number of fused-ring (bicyclic) bond motifs is 2. The number of ether oxygens (including phenoxy) is 3. The molecule has 2 aliphatic heterocycles. The Balaban J connectivity index is 0.000000279. The van der Waals surface area contributed by atoms with Crippen LogP contribution in [0.2, 0.25) is 20.1 Å². The van der Waals surface area contributed by atoms with Gasteiger partial charge in [0.1, 0.15) is 25.0 Å². The molecule has 6 aromatic rings. The van der Waals surface area contributed by atoms with Gasteiger partial charge in [-0.15, -0.1) is 0 Å². The summed E-state index contributed by atoms with van der Waals surface area (Å²) in [5.41, 5.74) is 5.27. The van der Waals surface area contributed by atoms with E-state index >= 15 is 0 Å². The lowest BCUT2D eigenvalue weighted by Crippen LogP contribution is -2.51. The zero-order valence-electron chi connectivity index (χ0n) is 56.6. The van der Waals surface area contributed by atoms with Crippen LogP contribution in [0.4, 0.5) is 16.2 Å². The summed E-state index contributed by atoms with van der Waals surface area (Å²) in [5.74, 6) is -5.86. The van der Waals surface area contributed by atoms with Crippen LogP contribution in [-0.2, 0) is 43.1 Å². The van der Waals surface area contributed by atoms with Crippen molar-refractivity contribution in [3.63, 3.8) is 0 Å². The van der Waals surface area contributed by atoms with E-state index in [9.17, 15) is 52.7 Å². The summed E-state index contributed by atoms with van der Waals surface area (Å²) in [5, 5.41) is 29.1. The molecule has 6 aromatic carbocycles. The van der Waals surface area contributed by atoms with Crippen LogP contribution < -0.4 is 56.6 Å². The molecule has 8 N–H and O–H groups in total. The van der Waals surface area contributed by atoms with Gasteiger partial charge >= 0.3 is 18.0 Å². The number of methoxy groups -OCH3 is 2. The Hall–Kier alpha value is -10.7. The third-order valence-electron chi connectivity index (χ3n) is 16.1. The Morgan fingerprint density at radius 1 is 0.621 bits per heavy atom. The summed E-state index contributed by atoms with van der Waals surface area (Å²) < 4.78 is 15.8. The Morgan fingerprint density at radius 3 is 1.46 bits per heavy atom. The molecule has 1 fully saturated rings. The number of aliphatic imine (C=N–C) groups is 2. The zero-order valence-corrected chi connectivity index (χ0v) is 59.6. The number of urea groups is 1. The third-order valence-corrected chi connectivity index (χ3v) is 17.2. The maximum atomic E-state index is 14.5. The van der Waals surface area contributed by atoms with Crippen LogP contribution in [0, 0.1) is 11.8 Å². The first kappa shape index (κ1) is 78.0. The molecule has 1 saturated carbocycles. The highest BCUT2D eigenvalue weighted by Gasteiger charge is 2.38. The van der Waals surface area contributed by atoms with Crippen LogP contribution in [0.25, 0.3) is 0 Å². The van der Waals surface area contributed by atoms with E-state index in [0.717, 1.165) is 30.6 Å². The first-order valence-electron chi connectivity index (χ1n) is 32.2. The lowest BCUT2D eigenvalue weighted by molar-refractivity contribution is -0.155. The van der Waals surface area contributed by atoms with Gasteiger partial charge in [-0.05, 0) is 88.8 Å². The molecule has 9 rings (SSSR count). The summed E-state index contributed by atoms with van der Waals surface area (Å²) in [6, 6.07) is 33.9. The number of hydrogen-bond acceptors (Lipinski definition) is 17. The lowest BCUT2D eigenvalue weighted by atomic mass is 9.81. The quantitative estimate of drug-likeness (QED) is 0.0123. The van der Waals surface area contributed by atoms with Gasteiger partial charge in [-0.1, -0.05) is 143 Å². The minimum absolute atomic E-state index is 0.0243. The highest BCUT2D eigenvalue weighted by molar-refractivity contribution is 6.38. The van der Waals surface area contributed by atoms with E-state index in [1.807, 2.05) is 12.1 Å². The van der Waals surface area contributed by atoms with Crippen molar-refractivity contribution in [2.24, 2.45) is 26.9 Å². The van der Waals surface area contributed by atoms with Gasteiger partial charge < -0.3 is 56.0 Å². The van der Waals surface area contributed by atoms with Crippen molar-refractivity contribution in [1.82, 2.24) is 37.3 Å². The predicted octanol–water partition coefficient (Wildman–Crippen LogP) is 8.10. The van der Waals surface area contributed by atoms with Crippen LogP contribution >= 0.6 is 46.4 Å². The van der Waals surface area contributed by atoms with Crippen LogP contribution in [0.3, 0.4) is 0 Å². The van der Waals surface area contributed by atoms with Gasteiger partial charge in [0.2, 0.25) is 30.1 Å². The number of carbonyl (C=O) groups excluding carboxylic acids is 10. The maximum Gasteiger partial charge on any atom is 0.335 e. The number of carboxylic acid groups (broad SMARTS) is 1. The highest BCUT2D eigenvalue weighted by atomic mass is 35.5. The first-order valence-corrected chi connectivity index (χ1v) is 33.7. The van der Waals surface area contributed by atoms with Crippen molar-refractivity contribution in [3.05, 3.63) is 187 Å². The Morgan fingerprint density at radius 2 is 1.05 bits per heavy atom. The molecule has 103 heavy (non-hydrogen) atoms. The molecule has 27 nitrogen and oxygen atoms in total. The number of benzene rings is 6. The number of carbonyl (C=O) groups is 11. The number of para-hydroxylation sites is 2. The molecule has 0 bridgehead atoms. The second-order valence-electron chi connectivity index (χ2n) is 24.6. The molecule has 540 valence electrons. The largest absolute Gasteiger partial charge is 0.494 e. The SMILES string of the molecule is CNC(=O)C1CCC(CNC(=O)N/N=C/[C@H](CC(=O)OC(C)(C)C)NC(=O)CN2C(=O)C(NC(=O)c3cc(Cl)c(OC)c(Cl)c3)N=C(c3ccccc3)c3ccccc32)CC1.COc1c(Cl)cc(C(=O)NC2N=C(c3ccccc3)c3ccccc3N(CC(=O)N[C@H](C=O)CC(=O)O)C2=O)cc1Cl. The molecule has 9 amide bonds. The fourth-order valence-corrected chi connectivity index (χ4v) is 12.6. The molecule has 1 aliphatic carbocycles. The van der Waals surface area contributed by atoms with Crippen molar-refractivity contribution in [2.75, 3.05) is 50.7 Å². The van der Waals surface area contributed by atoms with E-state index in [4.69, 9.17) is 70.7 Å². The number of halogens is 4. The van der Waals surface area contributed by atoms with Gasteiger partial charge in [0.25, 0.3) is 23.6 Å². The predicted molar refractivity (Wildman–Crippen MR) is 387 cm³/mol. The molecule has 3 aliphatic rings. The van der Waals surface area contributed by atoms with Crippen molar-refractivity contribution in [2.45, 2.75) is 89.3 Å². The summed E-state index contributed by atoms with van der Waals surface area (Å²) in [4.78, 5) is 154. The number of anilines is 2. The number of benzodiazepines with no additional fused rings is 2. The average molecular weight is 1490 g/mol. The van der Waals surface area contributed by atoms with Gasteiger partial charge in [-0.3, -0.25) is 53.0 Å². The van der Waals surface area contributed by atoms with E-state index in [2.05, 4.69) is 47.4 Å². The zero-order chi connectivity index (χ0) is 74.7. The maximum absolute atomic E-state index is 14.5. The number of carboxylic acids is 1. The van der Waals surface area contributed by atoms with Crippen molar-refractivity contribution >= 4 is 141 Å². The normalized spacial score (nSPS) is 16.9. The number of rotatable bonds is 24. The van der Waals surface area contributed by atoms with E-state index in [1.165, 1.54) is 49.6 Å². The number of nitrogens with one attached hydrogen (secondary N) is 7. The molecular weight excluding hydrogens is 1410 g/mol. The van der Waals surface area contributed by atoms with Gasteiger partial charge in [0.05, 0.1) is 82.0 Å². The van der Waals surface area contributed by atoms with E-state index in [0.29, 0.717) is 57.9 Å². The molecule has 0 spiro atoms. The number of esters is 1. The molecule has 0 saturated heterocycles. The monoisotopic (exact) mass is 1490 g/mol. The second-order valence-corrected chi connectivity index (χ2v) is 26.2. The summed E-state index contributed by atoms with van der Waals surface area (Å²) in [7, 11) is 4.38. The van der Waals surface area contributed by atoms with Crippen molar-refractivity contribution in [3.8, 4) is 11.5 Å². The highest BCUT2D eigenvalue weighted by Crippen LogP contribution is 2.37. The van der Waals surface area contributed by atoms with Gasteiger partial charge in [-0.2, -0.15) is 5.10 Å². The molecular formula is C72H74Cl4N12O15. The van der Waals surface area contributed by atoms with Gasteiger partial charge in [0.15, 0.2) is 11.5 Å². The third kappa shape index (κ3) is 21.2. The number of hydrogen-bond donors (Lipinski definition) is 8. The fraction of sp³-hybridized carbons (Fsp3) is 0.306. The first-order chi connectivity index (χ1) is 49.2. The number of aliphatic carboxylic acids is 1. The summed E-state index contributed by atoms with van der Waals surface area (Å²) in [6.07, 6.45) is 0.504. The van der Waals surface area contributed by atoms with E-state index in [-0.39, 0.29) is 66.9 Å². The van der Waals surface area contributed by atoms with Gasteiger partial charge in [0, 0.05) is 59.1 Å². The van der Waals surface area contributed by atoms with Crippen LogP contribution in [-0.4, -0.2) is 159 Å². The van der Waals surface area contributed by atoms with E-state index < -0.39 is 103 Å². The smallest absolute Gasteiger partial charge is 0.335 e. The van der Waals surface area contributed by atoms with Crippen LogP contribution in [0.1, 0.15) is 102 Å². The number of nitrogens with zero attached hydrogens (tertiary/aromatic N) is 5. The lowest BCUT2D eigenvalue weighted by Gasteiger charge is -2.27. The molecule has 0 aromatic heterocycles. The summed E-state index contributed by atoms with van der Waals surface area (Å²) in [6.45, 7) is 4.31. The number of aldehydes is 1. The minimum atomic E-state index is -1.53. The Bertz CT molecular complexity index is 4240. The fourth-order valence-electron chi connectivity index (χ4n) is 11.3. The second kappa shape index (κ2) is 36.2. The Labute approximate surface area is 612 Å².